The summed E-state index contributed by atoms with van der Waals surface area (Å²) in [5, 5.41) is 10.1. The van der Waals surface area contributed by atoms with Crippen molar-refractivity contribution >= 4 is 11.7 Å². The van der Waals surface area contributed by atoms with Crippen LogP contribution in [-0.2, 0) is 7.05 Å². The number of carbonyl (C=O) groups is 1. The van der Waals surface area contributed by atoms with E-state index in [1.54, 1.807) is 10.9 Å². The van der Waals surface area contributed by atoms with Gasteiger partial charge < -0.3 is 10.6 Å². The molecule has 22 heavy (non-hydrogen) atoms. The molecule has 0 spiro atoms. The van der Waals surface area contributed by atoms with Gasteiger partial charge in [0.25, 0.3) is 0 Å². The molecule has 0 aliphatic rings. The lowest BCUT2D eigenvalue weighted by atomic mass is 10.0. The van der Waals surface area contributed by atoms with Crippen molar-refractivity contribution in [2.45, 2.75) is 39.2 Å². The summed E-state index contributed by atoms with van der Waals surface area (Å²) in [4.78, 5) is 12.2. The third kappa shape index (κ3) is 3.87. The van der Waals surface area contributed by atoms with Gasteiger partial charge in [-0.05, 0) is 36.1 Å². The number of benzene rings is 1. The van der Waals surface area contributed by atoms with Crippen LogP contribution in [0.15, 0.2) is 36.5 Å². The molecule has 2 amide bonds. The summed E-state index contributed by atoms with van der Waals surface area (Å²) >= 11 is 0. The number of hydrogen-bond donors (Lipinski definition) is 2. The molecule has 0 aliphatic carbocycles. The molecular formula is C17H24N4O. The molecular weight excluding hydrogens is 276 g/mol. The third-order valence-electron chi connectivity index (χ3n) is 3.74. The minimum Gasteiger partial charge on any atom is -0.330 e. The topological polar surface area (TPSA) is 59.0 Å². The Balaban J connectivity index is 2.03. The maximum Gasteiger partial charge on any atom is 0.319 e. The van der Waals surface area contributed by atoms with Crippen LogP contribution in [-0.4, -0.2) is 15.8 Å². The number of carbonyl (C=O) groups excluding carboxylic acids is 1. The highest BCUT2D eigenvalue weighted by Gasteiger charge is 2.15. The molecule has 2 N–H and O–H groups in total. The lowest BCUT2D eigenvalue weighted by Gasteiger charge is -2.18. The number of nitrogens with zero attached hydrogens (tertiary/aromatic N) is 2. The van der Waals surface area contributed by atoms with Gasteiger partial charge in [-0.15, -0.1) is 0 Å². The summed E-state index contributed by atoms with van der Waals surface area (Å²) in [5.74, 6) is 0.433. The van der Waals surface area contributed by atoms with Crippen LogP contribution in [0.5, 0.6) is 0 Å². The molecule has 1 heterocycles. The minimum absolute atomic E-state index is 0.0548. The maximum absolute atomic E-state index is 12.2. The number of urea groups is 1. The van der Waals surface area contributed by atoms with Crippen molar-refractivity contribution in [2.75, 3.05) is 5.32 Å². The Morgan fingerprint density at radius 2 is 2.09 bits per heavy atom. The van der Waals surface area contributed by atoms with E-state index in [-0.39, 0.29) is 12.1 Å². The first-order chi connectivity index (χ1) is 10.5. The number of rotatable bonds is 5. The normalized spacial score (nSPS) is 12.2. The predicted octanol–water partition coefficient (Wildman–Crippen LogP) is 3.82. The number of nitrogens with one attached hydrogen (secondary N) is 2. The number of hydrogen-bond acceptors (Lipinski definition) is 2. The van der Waals surface area contributed by atoms with Crippen molar-refractivity contribution in [3.05, 3.63) is 47.8 Å². The molecule has 0 radical (unpaired) electrons. The van der Waals surface area contributed by atoms with Crippen LogP contribution in [0.4, 0.5) is 10.5 Å². The third-order valence-corrected chi connectivity index (χ3v) is 3.74. The summed E-state index contributed by atoms with van der Waals surface area (Å²) in [6, 6.07) is 9.61. The summed E-state index contributed by atoms with van der Waals surface area (Å²) in [5.41, 5.74) is 3.01. The first-order valence-corrected chi connectivity index (χ1v) is 7.66. The quantitative estimate of drug-likeness (QED) is 0.882. The van der Waals surface area contributed by atoms with E-state index < -0.39 is 0 Å². The zero-order chi connectivity index (χ0) is 16.1. The molecule has 118 valence electrons. The van der Waals surface area contributed by atoms with E-state index in [4.69, 9.17) is 0 Å². The molecule has 0 saturated carbocycles. The lowest BCUT2D eigenvalue weighted by molar-refractivity contribution is 0.247. The van der Waals surface area contributed by atoms with Crippen LogP contribution in [0, 0.1) is 0 Å². The zero-order valence-corrected chi connectivity index (χ0v) is 13.6. The van der Waals surface area contributed by atoms with Crippen molar-refractivity contribution in [3.63, 3.8) is 0 Å². The minimum atomic E-state index is -0.200. The van der Waals surface area contributed by atoms with E-state index >= 15 is 0 Å². The van der Waals surface area contributed by atoms with Gasteiger partial charge >= 0.3 is 6.03 Å². The van der Waals surface area contributed by atoms with Gasteiger partial charge in [0.1, 0.15) is 0 Å². The molecule has 2 rings (SSSR count). The highest BCUT2D eigenvalue weighted by atomic mass is 16.2. The van der Waals surface area contributed by atoms with E-state index in [1.807, 2.05) is 38.2 Å². The number of aromatic nitrogens is 2. The van der Waals surface area contributed by atoms with Gasteiger partial charge in [-0.25, -0.2) is 4.79 Å². The fraction of sp³-hybridized carbons (Fsp3) is 0.412. The zero-order valence-electron chi connectivity index (χ0n) is 13.6. The Morgan fingerprint density at radius 3 is 2.68 bits per heavy atom. The molecule has 1 aromatic carbocycles. The van der Waals surface area contributed by atoms with Crippen LogP contribution in [0.25, 0.3) is 0 Å². The van der Waals surface area contributed by atoms with Gasteiger partial charge in [0.15, 0.2) is 0 Å². The maximum atomic E-state index is 12.2. The second kappa shape index (κ2) is 7.11. The summed E-state index contributed by atoms with van der Waals surface area (Å²) in [6.45, 7) is 6.31. The van der Waals surface area contributed by atoms with E-state index in [9.17, 15) is 4.79 Å². The van der Waals surface area contributed by atoms with Crippen LogP contribution in [0.2, 0.25) is 0 Å². The molecule has 0 fully saturated rings. The Kier molecular flexibility index (Phi) is 5.20. The average molecular weight is 300 g/mol. The molecule has 5 heteroatoms. The molecule has 0 aliphatic heterocycles. The highest BCUT2D eigenvalue weighted by Crippen LogP contribution is 2.19. The summed E-state index contributed by atoms with van der Waals surface area (Å²) in [6.07, 6.45) is 2.54. The second-order valence-electron chi connectivity index (χ2n) is 5.72. The van der Waals surface area contributed by atoms with Gasteiger partial charge in [-0.1, -0.05) is 32.9 Å². The number of anilines is 1. The first-order valence-electron chi connectivity index (χ1n) is 7.66. The monoisotopic (exact) mass is 300 g/mol. The van der Waals surface area contributed by atoms with Crippen LogP contribution in [0.3, 0.4) is 0 Å². The fourth-order valence-corrected chi connectivity index (χ4v) is 2.41. The predicted molar refractivity (Wildman–Crippen MR) is 88.9 cm³/mol. The van der Waals surface area contributed by atoms with Gasteiger partial charge in [0.05, 0.1) is 11.7 Å². The molecule has 1 aromatic heterocycles. The molecule has 0 bridgehead atoms. The first kappa shape index (κ1) is 16.1. The molecule has 0 unspecified atom stereocenters. The van der Waals surface area contributed by atoms with Crippen molar-refractivity contribution < 1.29 is 4.79 Å². The lowest BCUT2D eigenvalue weighted by Crippen LogP contribution is -2.33. The molecule has 0 saturated heterocycles. The largest absolute Gasteiger partial charge is 0.330 e. The SMILES string of the molecule is CC[C@@H](NC(=O)Nc1cccc(C(C)C)c1)c1ccnn1C. The number of aryl methyl sites for hydroxylation is 1. The standard InChI is InChI=1S/C17H24N4O/c1-5-15(16-9-10-18-21(16)4)20-17(22)19-14-8-6-7-13(11-14)12(2)3/h6-12,15H,5H2,1-4H3,(H2,19,20,22)/t15-/m1/s1. The van der Waals surface area contributed by atoms with Crippen molar-refractivity contribution in [3.8, 4) is 0 Å². The van der Waals surface area contributed by atoms with E-state index in [0.717, 1.165) is 17.8 Å². The van der Waals surface area contributed by atoms with Crippen LogP contribution in [0.1, 0.15) is 50.4 Å². The van der Waals surface area contributed by atoms with Gasteiger partial charge in [-0.3, -0.25) is 4.68 Å². The Morgan fingerprint density at radius 1 is 1.32 bits per heavy atom. The van der Waals surface area contributed by atoms with Gasteiger partial charge in [0.2, 0.25) is 0 Å². The van der Waals surface area contributed by atoms with Crippen LogP contribution < -0.4 is 10.6 Å². The average Bonchev–Trinajstić information content (AvgIpc) is 2.91. The smallest absolute Gasteiger partial charge is 0.319 e. The summed E-state index contributed by atoms with van der Waals surface area (Å²) < 4.78 is 1.79. The van der Waals surface area contributed by atoms with Crippen molar-refractivity contribution in [1.82, 2.24) is 15.1 Å². The highest BCUT2D eigenvalue weighted by molar-refractivity contribution is 5.89. The molecule has 5 nitrogen and oxygen atoms in total. The summed E-state index contributed by atoms with van der Waals surface area (Å²) in [7, 11) is 1.88. The Bertz CT molecular complexity index is 633. The van der Waals surface area contributed by atoms with Crippen molar-refractivity contribution in [1.29, 1.82) is 0 Å². The number of amides is 2. The molecule has 1 atom stereocenters. The Hall–Kier alpha value is -2.30. The van der Waals surface area contributed by atoms with E-state index in [2.05, 4.69) is 35.6 Å². The second-order valence-corrected chi connectivity index (χ2v) is 5.72. The van der Waals surface area contributed by atoms with Gasteiger partial charge in [-0.2, -0.15) is 5.10 Å². The van der Waals surface area contributed by atoms with Crippen LogP contribution >= 0.6 is 0 Å². The van der Waals surface area contributed by atoms with E-state index in [1.165, 1.54) is 5.56 Å². The Labute approximate surface area is 131 Å². The van der Waals surface area contributed by atoms with Crippen molar-refractivity contribution in [2.24, 2.45) is 7.05 Å². The molecule has 2 aromatic rings. The van der Waals surface area contributed by atoms with Gasteiger partial charge in [0, 0.05) is 18.9 Å². The van der Waals surface area contributed by atoms with E-state index in [0.29, 0.717) is 5.92 Å². The fourth-order valence-electron chi connectivity index (χ4n) is 2.41.